The van der Waals surface area contributed by atoms with E-state index in [0.717, 1.165) is 24.8 Å². The first kappa shape index (κ1) is 21.6. The van der Waals surface area contributed by atoms with Gasteiger partial charge < -0.3 is 10.1 Å². The van der Waals surface area contributed by atoms with Crippen LogP contribution in [-0.4, -0.2) is 45.4 Å². The Morgan fingerprint density at radius 1 is 1.10 bits per heavy atom. The molecule has 0 saturated carbocycles. The van der Waals surface area contributed by atoms with Gasteiger partial charge in [-0.05, 0) is 55.2 Å². The number of methoxy groups -OCH3 is 1. The molecule has 3 rings (SSSR count). The molecule has 1 N–H and O–H groups in total. The van der Waals surface area contributed by atoms with E-state index in [4.69, 9.17) is 16.3 Å². The summed E-state index contributed by atoms with van der Waals surface area (Å²) in [5, 5.41) is 3.30. The minimum absolute atomic E-state index is 0.270. The van der Waals surface area contributed by atoms with Crippen LogP contribution in [0.5, 0.6) is 5.75 Å². The number of benzene rings is 2. The number of carbonyl (C=O) groups excluding carboxylic acids is 1. The number of sulfonamides is 1. The predicted molar refractivity (Wildman–Crippen MR) is 113 cm³/mol. The molecule has 1 aliphatic rings. The fourth-order valence-electron chi connectivity index (χ4n) is 3.36. The molecule has 1 amide bonds. The van der Waals surface area contributed by atoms with Gasteiger partial charge in [0.2, 0.25) is 10.0 Å². The number of ether oxygens (including phenoxy) is 1. The minimum atomic E-state index is -3.42. The summed E-state index contributed by atoms with van der Waals surface area (Å²) in [7, 11) is -1.92. The van der Waals surface area contributed by atoms with E-state index in [2.05, 4.69) is 5.32 Å². The molecule has 6 nitrogen and oxygen atoms in total. The van der Waals surface area contributed by atoms with Gasteiger partial charge in [0, 0.05) is 24.7 Å². The Morgan fingerprint density at radius 3 is 2.45 bits per heavy atom. The second kappa shape index (κ2) is 9.61. The van der Waals surface area contributed by atoms with Crippen molar-refractivity contribution in [1.82, 2.24) is 9.62 Å². The van der Waals surface area contributed by atoms with Crippen LogP contribution in [0, 0.1) is 0 Å². The quantitative estimate of drug-likeness (QED) is 0.720. The molecule has 0 aliphatic carbocycles. The molecule has 1 aliphatic heterocycles. The zero-order valence-electron chi connectivity index (χ0n) is 16.4. The van der Waals surface area contributed by atoms with Gasteiger partial charge in [0.15, 0.2) is 0 Å². The molecule has 2 aromatic rings. The van der Waals surface area contributed by atoms with Crippen LogP contribution in [0.15, 0.2) is 47.4 Å². The second-order valence-corrected chi connectivity index (χ2v) is 9.33. The third-order valence-electron chi connectivity index (χ3n) is 4.98. The van der Waals surface area contributed by atoms with Crippen LogP contribution in [0.25, 0.3) is 0 Å². The van der Waals surface area contributed by atoms with Crippen molar-refractivity contribution in [1.29, 1.82) is 0 Å². The normalized spacial score (nSPS) is 15.1. The molecule has 0 aromatic heterocycles. The largest absolute Gasteiger partial charge is 0.496 e. The molecule has 0 atom stereocenters. The van der Waals surface area contributed by atoms with E-state index >= 15 is 0 Å². The summed E-state index contributed by atoms with van der Waals surface area (Å²) in [6.45, 7) is 1.58. The highest BCUT2D eigenvalue weighted by atomic mass is 35.5. The zero-order chi connectivity index (χ0) is 20.9. The van der Waals surface area contributed by atoms with Crippen LogP contribution in [-0.2, 0) is 16.4 Å². The number of piperidine rings is 1. The van der Waals surface area contributed by atoms with E-state index in [-0.39, 0.29) is 5.91 Å². The van der Waals surface area contributed by atoms with Crippen molar-refractivity contribution in [3.05, 3.63) is 58.6 Å². The van der Waals surface area contributed by atoms with E-state index < -0.39 is 10.0 Å². The minimum Gasteiger partial charge on any atom is -0.496 e. The van der Waals surface area contributed by atoms with Gasteiger partial charge in [0.05, 0.1) is 17.6 Å². The number of nitrogens with zero attached hydrogens (tertiary/aromatic N) is 1. The van der Waals surface area contributed by atoms with Crippen molar-refractivity contribution in [3.63, 3.8) is 0 Å². The van der Waals surface area contributed by atoms with Gasteiger partial charge >= 0.3 is 0 Å². The van der Waals surface area contributed by atoms with Crippen LogP contribution < -0.4 is 10.1 Å². The van der Waals surface area contributed by atoms with E-state index in [1.54, 1.807) is 46.8 Å². The fraction of sp³-hybridized carbons (Fsp3) is 0.381. The SMILES string of the molecule is COc1ccc(Cl)cc1C(=O)NCCc1ccc(S(=O)(=O)N2CCCCC2)cc1. The lowest BCUT2D eigenvalue weighted by Gasteiger charge is -2.25. The van der Waals surface area contributed by atoms with E-state index in [9.17, 15) is 13.2 Å². The van der Waals surface area contributed by atoms with E-state index in [0.29, 0.717) is 47.3 Å². The van der Waals surface area contributed by atoms with Crippen molar-refractivity contribution in [2.24, 2.45) is 0 Å². The third-order valence-corrected chi connectivity index (χ3v) is 7.13. The van der Waals surface area contributed by atoms with Crippen molar-refractivity contribution >= 4 is 27.5 Å². The Labute approximate surface area is 176 Å². The lowest BCUT2D eigenvalue weighted by molar-refractivity contribution is 0.0951. The summed E-state index contributed by atoms with van der Waals surface area (Å²) in [5.74, 6) is 0.188. The summed E-state index contributed by atoms with van der Waals surface area (Å²) in [6, 6.07) is 11.7. The Bertz CT molecular complexity index is 955. The molecule has 0 unspecified atom stereocenters. The Hall–Kier alpha value is -2.09. The Morgan fingerprint density at radius 2 is 1.79 bits per heavy atom. The Balaban J connectivity index is 1.58. The Kier molecular flexibility index (Phi) is 7.16. The van der Waals surface area contributed by atoms with Gasteiger partial charge in [-0.2, -0.15) is 4.31 Å². The van der Waals surface area contributed by atoms with Crippen molar-refractivity contribution in [2.45, 2.75) is 30.6 Å². The number of halogens is 1. The molecule has 0 bridgehead atoms. The van der Waals surface area contributed by atoms with Gasteiger partial charge in [-0.25, -0.2) is 8.42 Å². The second-order valence-electron chi connectivity index (χ2n) is 6.96. The summed E-state index contributed by atoms with van der Waals surface area (Å²) in [4.78, 5) is 12.7. The van der Waals surface area contributed by atoms with Gasteiger partial charge in [0.25, 0.3) is 5.91 Å². The van der Waals surface area contributed by atoms with Crippen LogP contribution in [0.1, 0.15) is 35.2 Å². The van der Waals surface area contributed by atoms with Crippen molar-refractivity contribution in [3.8, 4) is 5.75 Å². The third kappa shape index (κ3) is 5.29. The average Bonchev–Trinajstić information content (AvgIpc) is 2.74. The molecule has 0 spiro atoms. The summed E-state index contributed by atoms with van der Waals surface area (Å²) >= 11 is 5.97. The first-order valence-corrected chi connectivity index (χ1v) is 11.4. The first-order chi connectivity index (χ1) is 13.9. The number of nitrogens with one attached hydrogen (secondary N) is 1. The molecule has 1 saturated heterocycles. The zero-order valence-corrected chi connectivity index (χ0v) is 17.9. The maximum Gasteiger partial charge on any atom is 0.255 e. The van der Waals surface area contributed by atoms with E-state index in [1.807, 2.05) is 0 Å². The van der Waals surface area contributed by atoms with Gasteiger partial charge in [-0.15, -0.1) is 0 Å². The molecule has 156 valence electrons. The number of rotatable bonds is 7. The van der Waals surface area contributed by atoms with Gasteiger partial charge in [-0.1, -0.05) is 30.2 Å². The predicted octanol–water partition coefficient (Wildman–Crippen LogP) is 3.50. The highest BCUT2D eigenvalue weighted by molar-refractivity contribution is 7.89. The van der Waals surface area contributed by atoms with Crippen molar-refractivity contribution in [2.75, 3.05) is 26.7 Å². The molecule has 29 heavy (non-hydrogen) atoms. The number of carbonyl (C=O) groups is 1. The molecule has 1 fully saturated rings. The van der Waals surface area contributed by atoms with Crippen LogP contribution >= 0.6 is 11.6 Å². The monoisotopic (exact) mass is 436 g/mol. The molecule has 1 heterocycles. The number of hydrogen-bond donors (Lipinski definition) is 1. The summed E-state index contributed by atoms with van der Waals surface area (Å²) in [6.07, 6.45) is 3.49. The lowest BCUT2D eigenvalue weighted by Crippen LogP contribution is -2.35. The van der Waals surface area contributed by atoms with Crippen molar-refractivity contribution < 1.29 is 17.9 Å². The fourth-order valence-corrected chi connectivity index (χ4v) is 5.04. The summed E-state index contributed by atoms with van der Waals surface area (Å²) < 4.78 is 32.1. The van der Waals surface area contributed by atoms with Crippen LogP contribution in [0.4, 0.5) is 0 Å². The standard InChI is InChI=1S/C21H25ClN2O4S/c1-28-20-10-7-17(22)15-19(20)21(25)23-12-11-16-5-8-18(9-6-16)29(26,27)24-13-3-2-4-14-24/h5-10,15H,2-4,11-14H2,1H3,(H,23,25). The molecule has 8 heteroatoms. The topological polar surface area (TPSA) is 75.7 Å². The van der Waals surface area contributed by atoms with E-state index in [1.165, 1.54) is 7.11 Å². The van der Waals surface area contributed by atoms with Gasteiger partial charge in [0.1, 0.15) is 5.75 Å². The number of hydrogen-bond acceptors (Lipinski definition) is 4. The maximum absolute atomic E-state index is 12.7. The molecule has 2 aromatic carbocycles. The average molecular weight is 437 g/mol. The molecular formula is C21H25ClN2O4S. The molecule has 0 radical (unpaired) electrons. The van der Waals surface area contributed by atoms with Crippen LogP contribution in [0.3, 0.4) is 0 Å². The summed E-state index contributed by atoms with van der Waals surface area (Å²) in [5.41, 5.74) is 1.32. The highest BCUT2D eigenvalue weighted by Crippen LogP contribution is 2.23. The lowest BCUT2D eigenvalue weighted by atomic mass is 10.1. The first-order valence-electron chi connectivity index (χ1n) is 9.62. The number of amides is 1. The highest BCUT2D eigenvalue weighted by Gasteiger charge is 2.25. The smallest absolute Gasteiger partial charge is 0.255 e. The molecular weight excluding hydrogens is 412 g/mol. The van der Waals surface area contributed by atoms with Crippen LogP contribution in [0.2, 0.25) is 5.02 Å². The maximum atomic E-state index is 12.7. The van der Waals surface area contributed by atoms with Gasteiger partial charge in [-0.3, -0.25) is 4.79 Å².